The summed E-state index contributed by atoms with van der Waals surface area (Å²) in [7, 11) is 1.53. The third kappa shape index (κ3) is 4.56. The summed E-state index contributed by atoms with van der Waals surface area (Å²) in [6, 6.07) is 17.8. The Bertz CT molecular complexity index is 1080. The first kappa shape index (κ1) is 20.9. The lowest BCUT2D eigenvalue weighted by Gasteiger charge is -2.30. The number of thiophene rings is 1. The van der Waals surface area contributed by atoms with E-state index >= 15 is 0 Å². The maximum atomic E-state index is 12.6. The maximum absolute atomic E-state index is 12.6. The molecule has 0 fully saturated rings. The average Bonchev–Trinajstić information content (AvgIpc) is 3.45. The van der Waals surface area contributed by atoms with Gasteiger partial charge in [0.05, 0.1) is 18.8 Å². The van der Waals surface area contributed by atoms with Gasteiger partial charge in [-0.15, -0.1) is 11.3 Å². The molecule has 2 aromatic carbocycles. The number of para-hydroxylation sites is 1. The first-order chi connectivity index (χ1) is 15.1. The molecule has 160 valence electrons. The highest BCUT2D eigenvalue weighted by Crippen LogP contribution is 2.36. The van der Waals surface area contributed by atoms with Crippen LogP contribution in [0.5, 0.6) is 5.75 Å². The number of aryl methyl sites for hydroxylation is 1. The topological polar surface area (TPSA) is 70.7 Å². The van der Waals surface area contributed by atoms with Crippen molar-refractivity contribution in [2.75, 3.05) is 30.4 Å². The number of nitrogens with zero attached hydrogens (tertiary/aromatic N) is 1. The molecule has 2 amide bonds. The SMILES string of the molecule is COc1ccc(C)cc1NC(=O)C(=O)NC[C@@H](c1cccs1)N1CCc2ccccc21. The molecule has 2 N–H and O–H groups in total. The molecule has 1 aliphatic heterocycles. The summed E-state index contributed by atoms with van der Waals surface area (Å²) in [6.07, 6.45) is 0.972. The summed E-state index contributed by atoms with van der Waals surface area (Å²) in [5.41, 5.74) is 3.93. The Morgan fingerprint density at radius 1 is 1.13 bits per heavy atom. The monoisotopic (exact) mass is 435 g/mol. The summed E-state index contributed by atoms with van der Waals surface area (Å²) in [4.78, 5) is 28.6. The number of hydrogen-bond donors (Lipinski definition) is 2. The highest BCUT2D eigenvalue weighted by Gasteiger charge is 2.28. The molecule has 2 heterocycles. The van der Waals surface area contributed by atoms with Gasteiger partial charge in [-0.3, -0.25) is 9.59 Å². The maximum Gasteiger partial charge on any atom is 0.313 e. The lowest BCUT2D eigenvalue weighted by Crippen LogP contribution is -2.41. The van der Waals surface area contributed by atoms with Crippen molar-refractivity contribution in [1.29, 1.82) is 0 Å². The second-order valence-corrected chi connectivity index (χ2v) is 8.45. The lowest BCUT2D eigenvalue weighted by molar-refractivity contribution is -0.136. The van der Waals surface area contributed by atoms with E-state index in [1.807, 2.05) is 36.6 Å². The Kier molecular flexibility index (Phi) is 6.23. The highest BCUT2D eigenvalue weighted by atomic mass is 32.1. The summed E-state index contributed by atoms with van der Waals surface area (Å²) < 4.78 is 5.28. The van der Waals surface area contributed by atoms with E-state index in [0.717, 1.165) is 23.4 Å². The zero-order valence-corrected chi connectivity index (χ0v) is 18.4. The molecular formula is C24H25N3O3S. The van der Waals surface area contributed by atoms with Crippen LogP contribution in [0.4, 0.5) is 11.4 Å². The zero-order valence-electron chi connectivity index (χ0n) is 17.6. The van der Waals surface area contributed by atoms with Crippen molar-refractivity contribution < 1.29 is 14.3 Å². The van der Waals surface area contributed by atoms with Crippen LogP contribution in [0.15, 0.2) is 60.0 Å². The van der Waals surface area contributed by atoms with Gasteiger partial charge >= 0.3 is 11.8 Å². The summed E-state index contributed by atoms with van der Waals surface area (Å²) in [6.45, 7) is 3.13. The Morgan fingerprint density at radius 3 is 2.74 bits per heavy atom. The van der Waals surface area contributed by atoms with Crippen molar-refractivity contribution in [1.82, 2.24) is 5.32 Å². The number of benzene rings is 2. The van der Waals surface area contributed by atoms with Crippen LogP contribution >= 0.6 is 11.3 Å². The van der Waals surface area contributed by atoms with Crippen LogP contribution in [0.2, 0.25) is 0 Å². The molecule has 6 nitrogen and oxygen atoms in total. The first-order valence-electron chi connectivity index (χ1n) is 10.2. The van der Waals surface area contributed by atoms with Crippen molar-refractivity contribution >= 4 is 34.5 Å². The molecule has 0 unspecified atom stereocenters. The van der Waals surface area contributed by atoms with Crippen molar-refractivity contribution in [2.24, 2.45) is 0 Å². The van der Waals surface area contributed by atoms with Gasteiger partial charge in [0, 0.05) is 23.7 Å². The molecule has 3 aromatic rings. The van der Waals surface area contributed by atoms with Gasteiger partial charge in [0.25, 0.3) is 0 Å². The van der Waals surface area contributed by atoms with E-state index in [1.165, 1.54) is 18.4 Å². The van der Waals surface area contributed by atoms with Gasteiger partial charge in [-0.1, -0.05) is 30.3 Å². The predicted molar refractivity (Wildman–Crippen MR) is 124 cm³/mol. The molecule has 0 bridgehead atoms. The fourth-order valence-corrected chi connectivity index (χ4v) is 4.74. The van der Waals surface area contributed by atoms with Gasteiger partial charge in [-0.05, 0) is 54.1 Å². The number of hydrogen-bond acceptors (Lipinski definition) is 5. The Labute approximate surface area is 185 Å². The second kappa shape index (κ2) is 9.22. The van der Waals surface area contributed by atoms with Crippen molar-refractivity contribution in [3.8, 4) is 5.75 Å². The van der Waals surface area contributed by atoms with E-state index in [4.69, 9.17) is 4.74 Å². The summed E-state index contributed by atoms with van der Waals surface area (Å²) in [5.74, 6) is -0.870. The molecular weight excluding hydrogens is 410 g/mol. The molecule has 0 aliphatic carbocycles. The van der Waals surface area contributed by atoms with E-state index in [9.17, 15) is 9.59 Å². The largest absolute Gasteiger partial charge is 0.495 e. The zero-order chi connectivity index (χ0) is 21.8. The van der Waals surface area contributed by atoms with Crippen LogP contribution in [0.1, 0.15) is 22.0 Å². The van der Waals surface area contributed by atoms with Crippen LogP contribution in [0.25, 0.3) is 0 Å². The first-order valence-corrected chi connectivity index (χ1v) is 11.1. The molecule has 0 spiro atoms. The van der Waals surface area contributed by atoms with Crippen molar-refractivity contribution in [3.63, 3.8) is 0 Å². The molecule has 1 atom stereocenters. The minimum Gasteiger partial charge on any atom is -0.495 e. The van der Waals surface area contributed by atoms with Gasteiger partial charge in [0.2, 0.25) is 0 Å². The van der Waals surface area contributed by atoms with E-state index in [-0.39, 0.29) is 6.04 Å². The summed E-state index contributed by atoms with van der Waals surface area (Å²) in [5, 5.41) is 7.51. The molecule has 1 aliphatic rings. The van der Waals surface area contributed by atoms with Crippen LogP contribution in [0, 0.1) is 6.92 Å². The average molecular weight is 436 g/mol. The Hall–Kier alpha value is -3.32. The van der Waals surface area contributed by atoms with Crippen LogP contribution in [-0.2, 0) is 16.0 Å². The number of nitrogens with one attached hydrogen (secondary N) is 2. The number of anilines is 2. The van der Waals surface area contributed by atoms with Crippen LogP contribution in [-0.4, -0.2) is 32.0 Å². The lowest BCUT2D eigenvalue weighted by atomic mass is 10.1. The van der Waals surface area contributed by atoms with Gasteiger partial charge in [0.1, 0.15) is 5.75 Å². The molecule has 0 saturated carbocycles. The van der Waals surface area contributed by atoms with Gasteiger partial charge in [0.15, 0.2) is 0 Å². The minimum atomic E-state index is -0.712. The number of methoxy groups -OCH3 is 1. The number of rotatable bonds is 6. The summed E-state index contributed by atoms with van der Waals surface area (Å²) >= 11 is 1.65. The number of ether oxygens (including phenoxy) is 1. The fraction of sp³-hybridized carbons (Fsp3) is 0.250. The van der Waals surface area contributed by atoms with Gasteiger partial charge < -0.3 is 20.3 Å². The van der Waals surface area contributed by atoms with Crippen molar-refractivity contribution in [3.05, 3.63) is 76.0 Å². The quantitative estimate of drug-likeness (QED) is 0.576. The van der Waals surface area contributed by atoms with E-state index in [2.05, 4.69) is 33.7 Å². The highest BCUT2D eigenvalue weighted by molar-refractivity contribution is 7.10. The van der Waals surface area contributed by atoms with Crippen LogP contribution < -0.4 is 20.3 Å². The molecule has 4 rings (SSSR count). The third-order valence-electron chi connectivity index (χ3n) is 5.44. The van der Waals surface area contributed by atoms with Crippen LogP contribution in [0.3, 0.4) is 0 Å². The van der Waals surface area contributed by atoms with E-state index in [0.29, 0.717) is 18.0 Å². The van der Waals surface area contributed by atoms with Gasteiger partial charge in [-0.25, -0.2) is 0 Å². The fourth-order valence-electron chi connectivity index (χ4n) is 3.90. The standard InChI is InChI=1S/C24H25N3O3S/c1-16-9-10-21(30-2)18(14-16)26-24(29)23(28)25-15-20(22-8-5-13-31-22)27-12-11-17-6-3-4-7-19(17)27/h3-10,13-14,20H,11-12,15H2,1-2H3,(H,25,28)(H,26,29)/t20-/m0/s1. The molecule has 31 heavy (non-hydrogen) atoms. The van der Waals surface area contributed by atoms with Crippen molar-refractivity contribution in [2.45, 2.75) is 19.4 Å². The number of amides is 2. The molecule has 0 saturated heterocycles. The van der Waals surface area contributed by atoms with Gasteiger partial charge in [-0.2, -0.15) is 0 Å². The third-order valence-corrected chi connectivity index (χ3v) is 6.41. The number of fused-ring (bicyclic) bond motifs is 1. The smallest absolute Gasteiger partial charge is 0.313 e. The molecule has 7 heteroatoms. The van der Waals surface area contributed by atoms with E-state index in [1.54, 1.807) is 23.5 Å². The predicted octanol–water partition coefficient (Wildman–Crippen LogP) is 3.92. The Morgan fingerprint density at radius 2 is 1.97 bits per heavy atom. The Balaban J connectivity index is 1.46. The van der Waals surface area contributed by atoms with E-state index < -0.39 is 11.8 Å². The second-order valence-electron chi connectivity index (χ2n) is 7.47. The minimum absolute atomic E-state index is 0.0334. The molecule has 1 aromatic heterocycles. The number of carbonyl (C=O) groups is 2. The number of carbonyl (C=O) groups excluding carboxylic acids is 2. The normalized spacial score (nSPS) is 13.4. The molecule has 0 radical (unpaired) electrons.